The highest BCUT2D eigenvalue weighted by Gasteiger charge is 2.24. The van der Waals surface area contributed by atoms with E-state index in [0.717, 1.165) is 17.9 Å². The number of likely N-dealkylation sites (N-methyl/N-ethyl adjacent to an activating group) is 1. The molecule has 0 aliphatic heterocycles. The normalized spacial score (nSPS) is 11.2. The lowest BCUT2D eigenvalue weighted by atomic mass is 10.2. The Balaban J connectivity index is 1.76. The van der Waals surface area contributed by atoms with Crippen molar-refractivity contribution in [3.8, 4) is 17.1 Å². The number of hydrogen-bond donors (Lipinski definition) is 0. The summed E-state index contributed by atoms with van der Waals surface area (Å²) in [6, 6.07) is 22.9. The van der Waals surface area contributed by atoms with Gasteiger partial charge in [0.15, 0.2) is 5.76 Å². The molecule has 0 saturated carbocycles. The molecule has 7 heteroatoms. The third-order valence-corrected chi connectivity index (χ3v) is 5.53. The van der Waals surface area contributed by atoms with Crippen molar-refractivity contribution in [3.63, 3.8) is 0 Å². The predicted octanol–water partition coefficient (Wildman–Crippen LogP) is 5.30. The van der Waals surface area contributed by atoms with Crippen molar-refractivity contribution in [1.82, 2.24) is 19.6 Å². The van der Waals surface area contributed by atoms with Crippen molar-refractivity contribution in [1.29, 1.82) is 0 Å². The summed E-state index contributed by atoms with van der Waals surface area (Å²) < 4.78 is 7.43. The molecule has 4 aromatic rings. The summed E-state index contributed by atoms with van der Waals surface area (Å²) >= 11 is 6.25. The fraction of sp³-hybridized carbons (Fsp3) is 0.231. The van der Waals surface area contributed by atoms with Gasteiger partial charge in [-0.05, 0) is 56.9 Å². The molecule has 2 heterocycles. The zero-order valence-electron chi connectivity index (χ0n) is 19.0. The molecule has 2 aromatic heterocycles. The first-order valence-electron chi connectivity index (χ1n) is 10.8. The van der Waals surface area contributed by atoms with E-state index in [2.05, 4.69) is 4.90 Å². The number of benzene rings is 2. The summed E-state index contributed by atoms with van der Waals surface area (Å²) in [5, 5.41) is 5.29. The van der Waals surface area contributed by atoms with Crippen LogP contribution in [-0.2, 0) is 6.54 Å². The fourth-order valence-corrected chi connectivity index (χ4v) is 3.75. The molecule has 0 N–H and O–H groups in total. The summed E-state index contributed by atoms with van der Waals surface area (Å²) in [7, 11) is 4.00. The lowest BCUT2D eigenvalue weighted by molar-refractivity contribution is 0.0722. The summed E-state index contributed by atoms with van der Waals surface area (Å²) in [4.78, 5) is 17.8. The summed E-state index contributed by atoms with van der Waals surface area (Å²) in [5.74, 6) is 1.29. The van der Waals surface area contributed by atoms with Gasteiger partial charge in [-0.3, -0.25) is 4.79 Å². The van der Waals surface area contributed by atoms with E-state index in [9.17, 15) is 4.79 Å². The van der Waals surface area contributed by atoms with E-state index >= 15 is 0 Å². The number of carbonyl (C=O) groups is 1. The standard InChI is InChI=1S/C26H27ClN4O2/c1-19-12-13-25(33-19)23-17-24(31(28-23)22-11-7-10-21(27)16-22)26(32)30(15-14-29(2)3)18-20-8-5-4-6-9-20/h4-13,16-17H,14-15,18H2,1-3H3. The van der Waals surface area contributed by atoms with E-state index in [1.807, 2.05) is 80.5 Å². The summed E-state index contributed by atoms with van der Waals surface area (Å²) in [5.41, 5.74) is 2.84. The Morgan fingerprint density at radius 3 is 2.45 bits per heavy atom. The van der Waals surface area contributed by atoms with E-state index < -0.39 is 0 Å². The van der Waals surface area contributed by atoms with Crippen molar-refractivity contribution in [2.75, 3.05) is 27.2 Å². The van der Waals surface area contributed by atoms with Gasteiger partial charge in [-0.1, -0.05) is 48.0 Å². The first-order chi connectivity index (χ1) is 15.9. The second-order valence-electron chi connectivity index (χ2n) is 8.23. The molecule has 0 atom stereocenters. The molecule has 0 fully saturated rings. The molecular formula is C26H27ClN4O2. The van der Waals surface area contributed by atoms with Crippen LogP contribution >= 0.6 is 11.6 Å². The minimum atomic E-state index is -0.109. The Morgan fingerprint density at radius 2 is 1.79 bits per heavy atom. The Kier molecular flexibility index (Phi) is 6.96. The van der Waals surface area contributed by atoms with Crippen LogP contribution in [0, 0.1) is 6.92 Å². The van der Waals surface area contributed by atoms with Gasteiger partial charge in [0, 0.05) is 30.7 Å². The van der Waals surface area contributed by atoms with Gasteiger partial charge >= 0.3 is 0 Å². The van der Waals surface area contributed by atoms with Gasteiger partial charge in [0.05, 0.1) is 5.69 Å². The third-order valence-electron chi connectivity index (χ3n) is 5.29. The second kappa shape index (κ2) is 10.1. The van der Waals surface area contributed by atoms with Crippen LogP contribution in [0.4, 0.5) is 0 Å². The molecule has 2 aromatic carbocycles. The molecule has 0 aliphatic carbocycles. The fourth-order valence-electron chi connectivity index (χ4n) is 3.57. The Hall–Kier alpha value is -3.35. The van der Waals surface area contributed by atoms with Gasteiger partial charge in [0.2, 0.25) is 0 Å². The van der Waals surface area contributed by atoms with E-state index in [1.54, 1.807) is 22.9 Å². The number of carbonyl (C=O) groups excluding carboxylic acids is 1. The van der Waals surface area contributed by atoms with Crippen LogP contribution in [0.5, 0.6) is 0 Å². The average Bonchev–Trinajstić information content (AvgIpc) is 3.43. The third kappa shape index (κ3) is 5.53. The number of amides is 1. The van der Waals surface area contributed by atoms with Crippen LogP contribution < -0.4 is 0 Å². The molecular weight excluding hydrogens is 436 g/mol. The molecule has 6 nitrogen and oxygen atoms in total. The molecule has 33 heavy (non-hydrogen) atoms. The maximum Gasteiger partial charge on any atom is 0.272 e. The maximum atomic E-state index is 13.9. The van der Waals surface area contributed by atoms with Gasteiger partial charge < -0.3 is 14.2 Å². The van der Waals surface area contributed by atoms with Crippen molar-refractivity contribution in [2.45, 2.75) is 13.5 Å². The zero-order chi connectivity index (χ0) is 23.4. The Labute approximate surface area is 199 Å². The van der Waals surface area contributed by atoms with Crippen molar-refractivity contribution < 1.29 is 9.21 Å². The minimum Gasteiger partial charge on any atom is -0.460 e. The predicted molar refractivity (Wildman–Crippen MR) is 131 cm³/mol. The van der Waals surface area contributed by atoms with Gasteiger partial charge in [0.1, 0.15) is 17.1 Å². The number of halogens is 1. The van der Waals surface area contributed by atoms with Crippen LogP contribution in [0.15, 0.2) is 77.2 Å². The molecule has 1 amide bonds. The van der Waals surface area contributed by atoms with E-state index in [4.69, 9.17) is 21.1 Å². The van der Waals surface area contributed by atoms with Crippen LogP contribution in [0.2, 0.25) is 5.02 Å². The number of hydrogen-bond acceptors (Lipinski definition) is 4. The lowest BCUT2D eigenvalue weighted by Gasteiger charge is -2.25. The van der Waals surface area contributed by atoms with Gasteiger partial charge in [-0.15, -0.1) is 0 Å². The van der Waals surface area contributed by atoms with E-state index in [1.165, 1.54) is 0 Å². The molecule has 0 unspecified atom stereocenters. The van der Waals surface area contributed by atoms with Crippen LogP contribution in [0.3, 0.4) is 0 Å². The van der Waals surface area contributed by atoms with Gasteiger partial charge in [-0.2, -0.15) is 5.10 Å². The second-order valence-corrected chi connectivity index (χ2v) is 8.67. The number of rotatable bonds is 8. The highest BCUT2D eigenvalue weighted by atomic mass is 35.5. The smallest absolute Gasteiger partial charge is 0.272 e. The number of aromatic nitrogens is 2. The highest BCUT2D eigenvalue weighted by molar-refractivity contribution is 6.30. The first kappa shape index (κ1) is 22.8. The summed E-state index contributed by atoms with van der Waals surface area (Å²) in [6.07, 6.45) is 0. The average molecular weight is 463 g/mol. The van der Waals surface area contributed by atoms with E-state index in [0.29, 0.717) is 40.9 Å². The molecule has 0 saturated heterocycles. The monoisotopic (exact) mass is 462 g/mol. The summed E-state index contributed by atoms with van der Waals surface area (Å²) in [6.45, 7) is 3.71. The molecule has 0 bridgehead atoms. The van der Waals surface area contributed by atoms with Crippen molar-refractivity contribution >= 4 is 17.5 Å². The maximum absolute atomic E-state index is 13.9. The largest absolute Gasteiger partial charge is 0.460 e. The molecule has 4 rings (SSSR count). The molecule has 0 spiro atoms. The first-order valence-corrected chi connectivity index (χ1v) is 11.2. The SMILES string of the molecule is Cc1ccc(-c2cc(C(=O)N(CCN(C)C)Cc3ccccc3)n(-c3cccc(Cl)c3)n2)o1. The van der Waals surface area contributed by atoms with Crippen LogP contribution in [0.25, 0.3) is 17.1 Å². The van der Waals surface area contributed by atoms with Gasteiger partial charge in [0.25, 0.3) is 5.91 Å². The van der Waals surface area contributed by atoms with E-state index in [-0.39, 0.29) is 5.91 Å². The topological polar surface area (TPSA) is 54.5 Å². The molecule has 0 radical (unpaired) electrons. The van der Waals surface area contributed by atoms with Crippen molar-refractivity contribution in [2.24, 2.45) is 0 Å². The number of furan rings is 1. The lowest BCUT2D eigenvalue weighted by Crippen LogP contribution is -2.37. The number of aryl methyl sites for hydroxylation is 1. The molecule has 0 aliphatic rings. The Morgan fingerprint density at radius 1 is 1.00 bits per heavy atom. The van der Waals surface area contributed by atoms with Crippen LogP contribution in [-0.4, -0.2) is 52.7 Å². The van der Waals surface area contributed by atoms with Crippen molar-refractivity contribution in [3.05, 3.63) is 94.8 Å². The Bertz CT molecular complexity index is 1230. The van der Waals surface area contributed by atoms with Gasteiger partial charge in [-0.25, -0.2) is 4.68 Å². The van der Waals surface area contributed by atoms with Crippen LogP contribution in [0.1, 0.15) is 21.8 Å². The minimum absolute atomic E-state index is 0.109. The molecule has 170 valence electrons. The highest BCUT2D eigenvalue weighted by Crippen LogP contribution is 2.26. The quantitative estimate of drug-likeness (QED) is 0.356. The zero-order valence-corrected chi connectivity index (χ0v) is 19.8. The number of nitrogens with zero attached hydrogens (tertiary/aromatic N) is 4.